The molecule has 0 spiro atoms. The molecule has 12 heteroatoms. The monoisotopic (exact) mass is 508 g/mol. The highest BCUT2D eigenvalue weighted by Crippen LogP contribution is 2.67. The summed E-state index contributed by atoms with van der Waals surface area (Å²) in [5, 5.41) is 40.6. The highest BCUT2D eigenvalue weighted by atomic mass is 32.2. The van der Waals surface area contributed by atoms with Crippen LogP contribution in [0.4, 0.5) is 0 Å². The van der Waals surface area contributed by atoms with E-state index in [-0.39, 0.29) is 50.7 Å². The molecule has 0 aromatic heterocycles. The molecule has 0 saturated carbocycles. The van der Waals surface area contributed by atoms with E-state index >= 15 is 0 Å². The van der Waals surface area contributed by atoms with Gasteiger partial charge in [-0.05, 0) is 27.7 Å². The van der Waals surface area contributed by atoms with E-state index in [9.17, 15) is 30.3 Å². The summed E-state index contributed by atoms with van der Waals surface area (Å²) in [5.74, 6) is -1.91. The average Bonchev–Trinajstić information content (AvgIpc) is 3.32. The maximum absolute atomic E-state index is 12.2. The summed E-state index contributed by atoms with van der Waals surface area (Å²) in [6.45, 7) is 6.65. The van der Waals surface area contributed by atoms with Crippen LogP contribution in [-0.4, -0.2) is 34.4 Å². The van der Waals surface area contributed by atoms with Gasteiger partial charge in [0.25, 0.3) is 0 Å². The first-order chi connectivity index (χ1) is 15.1. The largest absolute Gasteiger partial charge is 0.505 e. The van der Waals surface area contributed by atoms with Gasteiger partial charge in [0.05, 0.1) is 40.3 Å². The van der Waals surface area contributed by atoms with Crippen LogP contribution in [0.1, 0.15) is 27.7 Å². The van der Waals surface area contributed by atoms with Crippen molar-refractivity contribution in [3.8, 4) is 23.6 Å². The number of hydrogen-bond acceptors (Lipinski definition) is 12. The molecule has 1 aromatic rings. The summed E-state index contributed by atoms with van der Waals surface area (Å²) < 4.78 is 10.8. The summed E-state index contributed by atoms with van der Waals surface area (Å²) in [4.78, 5) is 25.6. The summed E-state index contributed by atoms with van der Waals surface area (Å²) in [7, 11) is 0. The summed E-state index contributed by atoms with van der Waals surface area (Å²) >= 11 is 3.90. The molecule has 0 amide bonds. The topological polar surface area (TPSA) is 141 Å². The van der Waals surface area contributed by atoms with Crippen molar-refractivity contribution in [3.63, 3.8) is 0 Å². The normalized spacial score (nSPS) is 14.0. The van der Waals surface area contributed by atoms with Crippen molar-refractivity contribution in [1.29, 1.82) is 10.5 Å². The molecule has 3 rings (SSSR count). The molecule has 8 nitrogen and oxygen atoms in total. The predicted octanol–water partition coefficient (Wildman–Crippen LogP) is 4.87. The number of ether oxygens (including phenoxy) is 2. The standard InChI is InChI=1S/C20H16N2O6S4/c1-7(2)27-17(25)9(5-21)19-29-13-11(23)15-16(12(24)14(13)30-19)32-20(31-15)10(6-22)18(26)28-8(3)4/h7-8,23-24H,1-4H3. The number of aromatic hydroxyl groups is 2. The van der Waals surface area contributed by atoms with Crippen molar-refractivity contribution in [3.05, 3.63) is 19.6 Å². The lowest BCUT2D eigenvalue weighted by atomic mass is 10.3. The number of thioether (sulfide) groups is 4. The van der Waals surface area contributed by atoms with E-state index < -0.39 is 24.1 Å². The minimum Gasteiger partial charge on any atom is -0.505 e. The van der Waals surface area contributed by atoms with Gasteiger partial charge < -0.3 is 19.7 Å². The molecule has 2 aliphatic heterocycles. The fourth-order valence-corrected chi connectivity index (χ4v) is 7.71. The number of phenolic OH excluding ortho intramolecular Hbond substituents is 2. The first kappa shape index (κ1) is 24.3. The number of fused-ring (bicyclic) bond motifs is 2. The Morgan fingerprint density at radius 1 is 0.719 bits per heavy atom. The molecular formula is C20H16N2O6S4. The Morgan fingerprint density at radius 3 is 1.22 bits per heavy atom. The zero-order chi connectivity index (χ0) is 23.7. The van der Waals surface area contributed by atoms with Crippen LogP contribution in [0, 0.1) is 22.7 Å². The molecule has 0 saturated heterocycles. The molecular weight excluding hydrogens is 492 g/mol. The van der Waals surface area contributed by atoms with Crippen LogP contribution < -0.4 is 0 Å². The van der Waals surface area contributed by atoms with Gasteiger partial charge in [0.2, 0.25) is 0 Å². The maximum atomic E-state index is 12.2. The summed E-state index contributed by atoms with van der Waals surface area (Å²) in [6.07, 6.45) is -0.823. The Labute approximate surface area is 201 Å². The first-order valence-electron chi connectivity index (χ1n) is 9.12. The van der Waals surface area contributed by atoms with Crippen molar-refractivity contribution in [1.82, 2.24) is 0 Å². The fourth-order valence-electron chi connectivity index (χ4n) is 2.53. The number of carbonyl (C=O) groups excluding carboxylic acids is 2. The number of hydrogen-bond donors (Lipinski definition) is 2. The first-order valence-corrected chi connectivity index (χ1v) is 12.4. The van der Waals surface area contributed by atoms with E-state index in [1.54, 1.807) is 27.7 Å². The van der Waals surface area contributed by atoms with E-state index in [4.69, 9.17) is 9.47 Å². The minimum absolute atomic E-state index is 0.170. The van der Waals surface area contributed by atoms with Gasteiger partial charge in [0.15, 0.2) is 11.1 Å². The van der Waals surface area contributed by atoms with Gasteiger partial charge in [0, 0.05) is 0 Å². The van der Waals surface area contributed by atoms with Crippen molar-refractivity contribution in [2.24, 2.45) is 0 Å². The van der Waals surface area contributed by atoms with Crippen molar-refractivity contribution < 1.29 is 29.3 Å². The highest BCUT2D eigenvalue weighted by Gasteiger charge is 2.38. The van der Waals surface area contributed by atoms with Crippen LogP contribution in [0.25, 0.3) is 0 Å². The predicted molar refractivity (Wildman–Crippen MR) is 121 cm³/mol. The van der Waals surface area contributed by atoms with Gasteiger partial charge in [-0.2, -0.15) is 10.5 Å². The number of nitriles is 2. The Bertz CT molecular complexity index is 1040. The van der Waals surface area contributed by atoms with Gasteiger partial charge in [-0.3, -0.25) is 0 Å². The number of esters is 2. The van der Waals surface area contributed by atoms with Crippen LogP contribution in [0.5, 0.6) is 11.5 Å². The molecule has 0 aliphatic carbocycles. The molecule has 2 aliphatic rings. The van der Waals surface area contributed by atoms with Gasteiger partial charge >= 0.3 is 11.9 Å². The van der Waals surface area contributed by atoms with Crippen molar-refractivity contribution >= 4 is 59.0 Å². The Hall–Kier alpha value is -2.38. The zero-order valence-electron chi connectivity index (χ0n) is 17.2. The molecule has 0 atom stereocenters. The third-order valence-corrected chi connectivity index (χ3v) is 9.00. The van der Waals surface area contributed by atoms with Crippen molar-refractivity contribution in [2.45, 2.75) is 59.5 Å². The molecule has 2 N–H and O–H groups in total. The molecule has 0 bridgehead atoms. The third-order valence-electron chi connectivity index (χ3n) is 3.78. The van der Waals surface area contributed by atoms with Gasteiger partial charge in [-0.1, -0.05) is 47.0 Å². The van der Waals surface area contributed by atoms with E-state index in [1.807, 2.05) is 12.1 Å². The minimum atomic E-state index is -0.784. The van der Waals surface area contributed by atoms with Crippen LogP contribution in [0.15, 0.2) is 39.2 Å². The lowest BCUT2D eigenvalue weighted by Crippen LogP contribution is -2.13. The SMILES string of the molecule is CC(C)OC(=O)C(C#N)=C1Sc2c(O)c3c(c(O)c2S1)SC(=C(C#N)C(=O)OC(C)C)S3. The number of carbonyl (C=O) groups is 2. The highest BCUT2D eigenvalue weighted by molar-refractivity contribution is 8.26. The third kappa shape index (κ3) is 4.55. The quantitative estimate of drug-likeness (QED) is 0.248. The molecule has 2 heterocycles. The Balaban J connectivity index is 2.01. The van der Waals surface area contributed by atoms with E-state index in [0.29, 0.717) is 0 Å². The second kappa shape index (κ2) is 9.63. The zero-order valence-corrected chi connectivity index (χ0v) is 20.5. The lowest BCUT2D eigenvalue weighted by molar-refractivity contribution is -0.143. The number of phenols is 2. The number of nitrogens with zero attached hydrogens (tertiary/aromatic N) is 2. The average molecular weight is 509 g/mol. The van der Waals surface area contributed by atoms with Gasteiger partial charge in [0.1, 0.15) is 23.6 Å². The number of rotatable bonds is 4. The van der Waals surface area contributed by atoms with Crippen LogP contribution in [-0.2, 0) is 19.1 Å². The molecule has 0 radical (unpaired) electrons. The van der Waals surface area contributed by atoms with Crippen LogP contribution in [0.2, 0.25) is 0 Å². The summed E-state index contributed by atoms with van der Waals surface area (Å²) in [5.41, 5.74) is -0.430. The van der Waals surface area contributed by atoms with E-state index in [2.05, 4.69) is 0 Å². The van der Waals surface area contributed by atoms with Crippen LogP contribution >= 0.6 is 47.0 Å². The molecule has 0 fully saturated rings. The molecule has 166 valence electrons. The van der Waals surface area contributed by atoms with Crippen LogP contribution in [0.3, 0.4) is 0 Å². The lowest BCUT2D eigenvalue weighted by Gasteiger charge is -2.08. The second-order valence-electron chi connectivity index (χ2n) is 6.88. The van der Waals surface area contributed by atoms with Crippen molar-refractivity contribution in [2.75, 3.05) is 0 Å². The van der Waals surface area contributed by atoms with E-state index in [0.717, 1.165) is 47.0 Å². The molecule has 32 heavy (non-hydrogen) atoms. The van der Waals surface area contributed by atoms with Gasteiger partial charge in [-0.25, -0.2) is 9.59 Å². The van der Waals surface area contributed by atoms with E-state index in [1.165, 1.54) is 0 Å². The second-order valence-corrected chi connectivity index (χ2v) is 11.5. The van der Waals surface area contributed by atoms with Gasteiger partial charge in [-0.15, -0.1) is 0 Å². The maximum Gasteiger partial charge on any atom is 0.350 e. The summed E-state index contributed by atoms with van der Waals surface area (Å²) in [6, 6.07) is 3.67. The number of benzene rings is 1. The fraction of sp³-hybridized carbons (Fsp3) is 0.300. The Morgan fingerprint density at radius 2 is 1.00 bits per heavy atom. The smallest absolute Gasteiger partial charge is 0.350 e. The Kier molecular flexibility index (Phi) is 7.30. The molecule has 1 aromatic carbocycles. The molecule has 0 unspecified atom stereocenters.